The van der Waals surface area contributed by atoms with Gasteiger partial charge in [0, 0.05) is 38.1 Å². The Labute approximate surface area is 138 Å². The number of sulfone groups is 1. The van der Waals surface area contributed by atoms with Gasteiger partial charge in [0.15, 0.2) is 0 Å². The highest BCUT2D eigenvalue weighted by Gasteiger charge is 2.32. The maximum absolute atomic E-state index is 11.4. The zero-order valence-corrected chi connectivity index (χ0v) is 14.5. The lowest BCUT2D eigenvalue weighted by atomic mass is 9.98. The molecule has 1 saturated heterocycles. The van der Waals surface area contributed by atoms with Crippen LogP contribution in [0.5, 0.6) is 0 Å². The summed E-state index contributed by atoms with van der Waals surface area (Å²) in [7, 11) is -2.95. The first-order valence-electron chi connectivity index (χ1n) is 7.94. The third-order valence-corrected chi connectivity index (χ3v) is 5.13. The number of aromatic nitrogens is 1. The molecule has 1 aromatic rings. The second kappa shape index (κ2) is 7.75. The van der Waals surface area contributed by atoms with Crippen LogP contribution >= 0.6 is 0 Å². The molecule has 23 heavy (non-hydrogen) atoms. The van der Waals surface area contributed by atoms with Crippen LogP contribution < -0.4 is 5.32 Å². The topological polar surface area (TPSA) is 86.1 Å². The monoisotopic (exact) mass is 336 g/mol. The van der Waals surface area contributed by atoms with Gasteiger partial charge in [-0.15, -0.1) is 0 Å². The molecular weight excluding hydrogens is 312 g/mol. The van der Waals surface area contributed by atoms with Gasteiger partial charge in [-0.3, -0.25) is 4.90 Å². The molecule has 0 amide bonds. The van der Waals surface area contributed by atoms with Crippen LogP contribution in [-0.4, -0.2) is 56.0 Å². The Kier molecular flexibility index (Phi) is 5.97. The molecule has 1 aromatic heterocycles. The second-order valence-corrected chi connectivity index (χ2v) is 8.46. The van der Waals surface area contributed by atoms with Crippen molar-refractivity contribution in [2.24, 2.45) is 5.92 Å². The van der Waals surface area contributed by atoms with E-state index in [0.717, 1.165) is 25.9 Å². The minimum atomic E-state index is -2.95. The fourth-order valence-corrected chi connectivity index (χ4v) is 3.64. The number of anilines is 1. The predicted octanol–water partition coefficient (Wildman–Crippen LogP) is 1.51. The summed E-state index contributed by atoms with van der Waals surface area (Å²) in [5.74, 6) is 1.24. The van der Waals surface area contributed by atoms with Crippen LogP contribution in [-0.2, 0) is 9.84 Å². The molecule has 1 fully saturated rings. The third-order valence-electron chi connectivity index (χ3n) is 4.20. The zero-order valence-electron chi connectivity index (χ0n) is 13.7. The highest BCUT2D eigenvalue weighted by Crippen LogP contribution is 2.25. The Hall–Kier alpha value is -1.65. The van der Waals surface area contributed by atoms with Crippen LogP contribution in [0, 0.1) is 17.2 Å². The first kappa shape index (κ1) is 17.7. The lowest BCUT2D eigenvalue weighted by Crippen LogP contribution is -2.31. The molecule has 2 rings (SSSR count). The molecule has 0 spiro atoms. The number of likely N-dealkylation sites (tertiary alicyclic amines) is 1. The number of hydrogen-bond acceptors (Lipinski definition) is 6. The van der Waals surface area contributed by atoms with Crippen molar-refractivity contribution < 1.29 is 8.42 Å². The van der Waals surface area contributed by atoms with Crippen molar-refractivity contribution in [2.75, 3.05) is 37.0 Å². The summed E-state index contributed by atoms with van der Waals surface area (Å²) in [4.78, 5) is 6.46. The highest BCUT2D eigenvalue weighted by atomic mass is 32.2. The van der Waals surface area contributed by atoms with E-state index in [1.807, 2.05) is 0 Å². The van der Waals surface area contributed by atoms with Crippen molar-refractivity contribution in [3.8, 4) is 6.07 Å². The number of rotatable bonds is 7. The molecule has 1 N–H and O–H groups in total. The molecule has 1 aliphatic rings. The van der Waals surface area contributed by atoms with Gasteiger partial charge in [0.1, 0.15) is 21.7 Å². The average molecular weight is 336 g/mol. The molecule has 2 atom stereocenters. The van der Waals surface area contributed by atoms with E-state index in [9.17, 15) is 13.7 Å². The van der Waals surface area contributed by atoms with Crippen LogP contribution in [0.2, 0.25) is 0 Å². The van der Waals surface area contributed by atoms with Gasteiger partial charge in [0.05, 0.1) is 11.3 Å². The van der Waals surface area contributed by atoms with Gasteiger partial charge in [-0.25, -0.2) is 13.4 Å². The van der Waals surface area contributed by atoms with Crippen LogP contribution in [0.25, 0.3) is 0 Å². The Morgan fingerprint density at radius 1 is 1.48 bits per heavy atom. The van der Waals surface area contributed by atoms with E-state index in [0.29, 0.717) is 23.8 Å². The largest absolute Gasteiger partial charge is 0.365 e. The summed E-state index contributed by atoms with van der Waals surface area (Å²) in [6.45, 7) is 4.37. The molecule has 0 unspecified atom stereocenters. The maximum Gasteiger partial charge on any atom is 0.148 e. The van der Waals surface area contributed by atoms with Gasteiger partial charge < -0.3 is 5.32 Å². The minimum Gasteiger partial charge on any atom is -0.365 e. The van der Waals surface area contributed by atoms with E-state index in [1.165, 1.54) is 6.26 Å². The minimum absolute atomic E-state index is 0.186. The van der Waals surface area contributed by atoms with Crippen molar-refractivity contribution in [1.82, 2.24) is 9.88 Å². The van der Waals surface area contributed by atoms with Crippen molar-refractivity contribution in [2.45, 2.75) is 25.8 Å². The van der Waals surface area contributed by atoms with Gasteiger partial charge in [-0.2, -0.15) is 5.26 Å². The molecule has 0 aromatic carbocycles. The van der Waals surface area contributed by atoms with Gasteiger partial charge in [-0.1, -0.05) is 13.3 Å². The highest BCUT2D eigenvalue weighted by molar-refractivity contribution is 7.90. The molecule has 0 aliphatic carbocycles. The molecule has 6 nitrogen and oxygen atoms in total. The fourth-order valence-electron chi connectivity index (χ4n) is 3.05. The summed E-state index contributed by atoms with van der Waals surface area (Å²) in [5, 5.41) is 12.6. The van der Waals surface area contributed by atoms with Crippen LogP contribution in [0.15, 0.2) is 18.3 Å². The Bertz CT molecular complexity index is 669. The summed E-state index contributed by atoms with van der Waals surface area (Å²) >= 11 is 0. The van der Waals surface area contributed by atoms with Gasteiger partial charge in [0.25, 0.3) is 0 Å². The van der Waals surface area contributed by atoms with Crippen molar-refractivity contribution in [3.63, 3.8) is 0 Å². The van der Waals surface area contributed by atoms with Crippen molar-refractivity contribution in [3.05, 3.63) is 23.9 Å². The molecule has 7 heteroatoms. The summed E-state index contributed by atoms with van der Waals surface area (Å²) in [6.07, 6.45) is 5.10. The number of nitrogens with one attached hydrogen (secondary N) is 1. The van der Waals surface area contributed by atoms with E-state index in [2.05, 4.69) is 28.2 Å². The third kappa shape index (κ3) is 5.19. The van der Waals surface area contributed by atoms with E-state index in [4.69, 9.17) is 0 Å². The second-order valence-electron chi connectivity index (χ2n) is 6.20. The summed E-state index contributed by atoms with van der Waals surface area (Å²) < 4.78 is 22.7. The normalized spacial score (nSPS) is 22.0. The van der Waals surface area contributed by atoms with Gasteiger partial charge >= 0.3 is 0 Å². The van der Waals surface area contributed by atoms with E-state index < -0.39 is 9.84 Å². The molecule has 1 aliphatic heterocycles. The smallest absolute Gasteiger partial charge is 0.148 e. The summed E-state index contributed by atoms with van der Waals surface area (Å²) in [6, 6.07) is 5.85. The Balaban J connectivity index is 2.05. The Morgan fingerprint density at radius 3 is 2.91 bits per heavy atom. The van der Waals surface area contributed by atoms with E-state index in [-0.39, 0.29) is 11.8 Å². The van der Waals surface area contributed by atoms with Crippen molar-refractivity contribution >= 4 is 15.7 Å². The molecule has 0 radical (unpaired) electrons. The van der Waals surface area contributed by atoms with Gasteiger partial charge in [0.2, 0.25) is 0 Å². The fraction of sp³-hybridized carbons (Fsp3) is 0.625. The number of pyridine rings is 1. The Morgan fingerprint density at radius 2 is 2.26 bits per heavy atom. The average Bonchev–Trinajstić information content (AvgIpc) is 2.88. The molecule has 0 bridgehead atoms. The zero-order chi connectivity index (χ0) is 16.9. The van der Waals surface area contributed by atoms with Crippen LogP contribution in [0.4, 0.5) is 5.82 Å². The van der Waals surface area contributed by atoms with Gasteiger partial charge in [-0.05, 0) is 24.5 Å². The standard InChI is InChI=1S/C16H24N4O2S/c1-3-5-14-11-20(8-9-23(2,21)22)12-15(14)19-16-13(10-17)6-4-7-18-16/h4,6-7,14-15H,3,5,8-9,11-12H2,1-2H3,(H,18,19)/t14-,15-/m1/s1. The SMILES string of the molecule is CCC[C@@H]1CN(CCS(C)(=O)=O)C[C@H]1Nc1ncccc1C#N. The summed E-state index contributed by atoms with van der Waals surface area (Å²) in [5.41, 5.74) is 0.539. The van der Waals surface area contributed by atoms with Crippen molar-refractivity contribution in [1.29, 1.82) is 5.26 Å². The van der Waals surface area contributed by atoms with E-state index in [1.54, 1.807) is 18.3 Å². The number of nitriles is 1. The first-order valence-corrected chi connectivity index (χ1v) is 10.0. The van der Waals surface area contributed by atoms with Crippen LogP contribution in [0.1, 0.15) is 25.3 Å². The quantitative estimate of drug-likeness (QED) is 0.812. The molecule has 2 heterocycles. The number of nitrogens with zero attached hydrogens (tertiary/aromatic N) is 3. The molecule has 126 valence electrons. The first-order chi connectivity index (χ1) is 10.9. The lowest BCUT2D eigenvalue weighted by molar-refractivity contribution is 0.338. The molecular formula is C16H24N4O2S. The lowest BCUT2D eigenvalue weighted by Gasteiger charge is -2.20. The predicted molar refractivity (Wildman–Crippen MR) is 90.9 cm³/mol. The maximum atomic E-state index is 11.4. The number of hydrogen-bond donors (Lipinski definition) is 1. The molecule has 0 saturated carbocycles. The van der Waals surface area contributed by atoms with E-state index >= 15 is 0 Å². The van der Waals surface area contributed by atoms with Crippen LogP contribution in [0.3, 0.4) is 0 Å².